The maximum absolute atomic E-state index is 10.9. The van der Waals surface area contributed by atoms with Crippen molar-refractivity contribution in [3.8, 4) is 0 Å². The molecule has 2 rings (SSSR count). The first-order valence-corrected chi connectivity index (χ1v) is 6.35. The second-order valence-corrected chi connectivity index (χ2v) is 4.54. The van der Waals surface area contributed by atoms with Gasteiger partial charge in [-0.05, 0) is 6.92 Å². The van der Waals surface area contributed by atoms with Crippen LogP contribution in [0.2, 0.25) is 0 Å². The number of carbonyl (C=O) groups is 1. The highest BCUT2D eigenvalue weighted by molar-refractivity contribution is 5.66. The molecule has 0 amide bonds. The molecule has 0 aliphatic heterocycles. The molecule has 1 aromatic carbocycles. The van der Waals surface area contributed by atoms with E-state index in [2.05, 4.69) is 16.7 Å². The molecule has 0 unspecified atom stereocenters. The molecule has 0 fully saturated rings. The molecule has 1 heterocycles. The average Bonchev–Trinajstić information content (AvgIpc) is 2.40. The predicted octanol–water partition coefficient (Wildman–Crippen LogP) is -0.349. The summed E-state index contributed by atoms with van der Waals surface area (Å²) in [5.41, 5.74) is 2.26. The second-order valence-electron chi connectivity index (χ2n) is 4.54. The van der Waals surface area contributed by atoms with Gasteiger partial charge in [-0.2, -0.15) is 0 Å². The minimum Gasteiger partial charge on any atom is -1.00 e. The summed E-state index contributed by atoms with van der Waals surface area (Å²) >= 11 is 0. The lowest BCUT2D eigenvalue weighted by Crippen LogP contribution is -3.00. The van der Waals surface area contributed by atoms with E-state index in [1.165, 1.54) is 12.5 Å². The van der Waals surface area contributed by atoms with Crippen LogP contribution >= 0.6 is 0 Å². The van der Waals surface area contributed by atoms with Gasteiger partial charge >= 0.3 is 5.97 Å². The lowest BCUT2D eigenvalue weighted by molar-refractivity contribution is -0.688. The fourth-order valence-corrected chi connectivity index (χ4v) is 1.96. The predicted molar refractivity (Wildman–Crippen MR) is 72.4 cm³/mol. The summed E-state index contributed by atoms with van der Waals surface area (Å²) in [4.78, 5) is 10.9. The Kier molecular flexibility index (Phi) is 6.39. The van der Waals surface area contributed by atoms with Crippen molar-refractivity contribution in [3.63, 3.8) is 0 Å². The Bertz CT molecular complexity index is 540. The zero-order valence-electron chi connectivity index (χ0n) is 11.6. The van der Waals surface area contributed by atoms with Gasteiger partial charge in [-0.15, -0.1) is 0 Å². The Hall–Kier alpha value is -1.68. The van der Waals surface area contributed by atoms with Gasteiger partial charge in [-0.25, -0.2) is 4.57 Å². The van der Waals surface area contributed by atoms with Crippen molar-refractivity contribution < 1.29 is 31.1 Å². The quantitative estimate of drug-likeness (QED) is 0.565. The smallest absolute Gasteiger partial charge is 0.303 e. The van der Waals surface area contributed by atoms with Crippen LogP contribution in [0.1, 0.15) is 31.1 Å². The third-order valence-electron chi connectivity index (χ3n) is 2.94. The molecule has 4 heteroatoms. The van der Waals surface area contributed by atoms with Crippen LogP contribution in [-0.4, -0.2) is 5.97 Å². The molecule has 0 radical (unpaired) electrons. The number of carbonyl (C=O) groups excluding carboxylic acids is 1. The summed E-state index contributed by atoms with van der Waals surface area (Å²) in [6.45, 7) is 4.14. The van der Waals surface area contributed by atoms with E-state index in [0.717, 1.165) is 12.1 Å². The summed E-state index contributed by atoms with van der Waals surface area (Å²) in [6, 6.07) is 14.2. The number of pyridine rings is 1. The van der Waals surface area contributed by atoms with Crippen LogP contribution in [-0.2, 0) is 16.1 Å². The minimum atomic E-state index is -0.256. The van der Waals surface area contributed by atoms with E-state index in [9.17, 15) is 4.79 Å². The van der Waals surface area contributed by atoms with Gasteiger partial charge in [0, 0.05) is 30.2 Å². The molecule has 1 atom stereocenters. The molecule has 0 saturated carbocycles. The zero-order valence-corrected chi connectivity index (χ0v) is 13.2. The van der Waals surface area contributed by atoms with Gasteiger partial charge in [0.25, 0.3) is 0 Å². The number of esters is 1. The fraction of sp³-hybridized carbons (Fsp3) is 0.250. The summed E-state index contributed by atoms with van der Waals surface area (Å²) in [6.07, 6.45) is 3.80. The van der Waals surface area contributed by atoms with Gasteiger partial charge in [0.15, 0.2) is 18.9 Å². The van der Waals surface area contributed by atoms with Crippen molar-refractivity contribution >= 4 is 5.97 Å². The van der Waals surface area contributed by atoms with Gasteiger partial charge in [0.2, 0.25) is 0 Å². The maximum Gasteiger partial charge on any atom is 0.303 e. The van der Waals surface area contributed by atoms with Crippen LogP contribution in [0, 0.1) is 0 Å². The highest BCUT2D eigenvalue weighted by Gasteiger charge is 2.10. The SMILES string of the molecule is CC(=O)O[C@@H](C)c1cc[n+](Cc2ccccc2)cc1.[Br-]. The lowest BCUT2D eigenvalue weighted by atomic mass is 10.1. The molecular weight excluding hydrogens is 318 g/mol. The van der Waals surface area contributed by atoms with Gasteiger partial charge in [0.05, 0.1) is 0 Å². The zero-order chi connectivity index (χ0) is 13.7. The first kappa shape index (κ1) is 16.4. The van der Waals surface area contributed by atoms with E-state index in [0.29, 0.717) is 0 Å². The monoisotopic (exact) mass is 335 g/mol. The molecule has 0 bridgehead atoms. The number of benzene rings is 1. The third kappa shape index (κ3) is 4.78. The number of hydrogen-bond acceptors (Lipinski definition) is 2. The number of halogens is 1. The fourth-order valence-electron chi connectivity index (χ4n) is 1.96. The van der Waals surface area contributed by atoms with Crippen molar-refractivity contribution in [1.29, 1.82) is 0 Å². The Morgan fingerprint density at radius 1 is 1.15 bits per heavy atom. The van der Waals surface area contributed by atoms with Gasteiger partial charge in [-0.1, -0.05) is 30.3 Å². The molecule has 3 nitrogen and oxygen atoms in total. The van der Waals surface area contributed by atoms with E-state index in [1.54, 1.807) is 0 Å². The van der Waals surface area contributed by atoms with Crippen molar-refractivity contribution in [3.05, 3.63) is 66.0 Å². The maximum atomic E-state index is 10.9. The normalized spacial score (nSPS) is 11.3. The largest absolute Gasteiger partial charge is 1.00 e. The van der Waals surface area contributed by atoms with E-state index < -0.39 is 0 Å². The number of ether oxygens (including phenoxy) is 1. The van der Waals surface area contributed by atoms with Crippen LogP contribution in [0.25, 0.3) is 0 Å². The Labute approximate surface area is 130 Å². The minimum absolute atomic E-state index is 0. The number of rotatable bonds is 4. The van der Waals surface area contributed by atoms with Gasteiger partial charge in [-0.3, -0.25) is 4.79 Å². The number of aromatic nitrogens is 1. The van der Waals surface area contributed by atoms with Crippen molar-refractivity contribution in [2.24, 2.45) is 0 Å². The third-order valence-corrected chi connectivity index (χ3v) is 2.94. The second kappa shape index (κ2) is 7.80. The molecule has 0 N–H and O–H groups in total. The van der Waals surface area contributed by atoms with Gasteiger partial charge in [0.1, 0.15) is 6.10 Å². The Morgan fingerprint density at radius 2 is 1.75 bits per heavy atom. The standard InChI is InChI=1S/C16H18NO2.BrH/c1-13(19-14(2)18)16-8-10-17(11-9-16)12-15-6-4-3-5-7-15;/h3-11,13H,12H2,1-2H3;1H/q+1;/p-1/t13-;/m0./s1. The van der Waals surface area contributed by atoms with E-state index in [-0.39, 0.29) is 29.1 Å². The summed E-state index contributed by atoms with van der Waals surface area (Å²) in [7, 11) is 0. The average molecular weight is 336 g/mol. The van der Waals surface area contributed by atoms with Crippen molar-refractivity contribution in [2.45, 2.75) is 26.5 Å². The molecule has 1 aromatic heterocycles. The summed E-state index contributed by atoms with van der Waals surface area (Å²) in [5, 5.41) is 0. The molecule has 0 spiro atoms. The number of hydrogen-bond donors (Lipinski definition) is 0. The van der Waals surface area contributed by atoms with Crippen molar-refractivity contribution in [2.75, 3.05) is 0 Å². The molecule has 0 aliphatic carbocycles. The first-order valence-electron chi connectivity index (χ1n) is 6.35. The highest BCUT2D eigenvalue weighted by Crippen LogP contribution is 2.14. The van der Waals surface area contributed by atoms with Crippen LogP contribution < -0.4 is 21.5 Å². The van der Waals surface area contributed by atoms with Crippen LogP contribution in [0.3, 0.4) is 0 Å². The van der Waals surface area contributed by atoms with E-state index >= 15 is 0 Å². The van der Waals surface area contributed by atoms with Crippen molar-refractivity contribution in [1.82, 2.24) is 0 Å². The molecule has 0 saturated heterocycles. The van der Waals surface area contributed by atoms with Crippen LogP contribution in [0.15, 0.2) is 54.9 Å². The molecule has 106 valence electrons. The summed E-state index contributed by atoms with van der Waals surface area (Å²) < 4.78 is 7.24. The first-order chi connectivity index (χ1) is 9.15. The Morgan fingerprint density at radius 3 is 2.30 bits per heavy atom. The molecule has 2 aromatic rings. The Balaban J connectivity index is 0.00000200. The molecule has 20 heavy (non-hydrogen) atoms. The van der Waals surface area contributed by atoms with Crippen LogP contribution in [0.4, 0.5) is 0 Å². The van der Waals surface area contributed by atoms with Gasteiger partial charge < -0.3 is 21.7 Å². The highest BCUT2D eigenvalue weighted by atomic mass is 79.9. The van der Waals surface area contributed by atoms with Crippen LogP contribution in [0.5, 0.6) is 0 Å². The van der Waals surface area contributed by atoms with E-state index in [1.807, 2.05) is 49.6 Å². The topological polar surface area (TPSA) is 30.2 Å². The lowest BCUT2D eigenvalue weighted by Gasteiger charge is -2.10. The van der Waals surface area contributed by atoms with E-state index in [4.69, 9.17) is 4.74 Å². The molecule has 0 aliphatic rings. The number of nitrogens with zero attached hydrogens (tertiary/aromatic N) is 1. The summed E-state index contributed by atoms with van der Waals surface area (Å²) in [5.74, 6) is -0.256. The molecular formula is C16H18BrNO2.